The average Bonchev–Trinajstić information content (AvgIpc) is 2.58. The minimum atomic E-state index is -0.489. The Morgan fingerprint density at radius 3 is 2.64 bits per heavy atom. The molecule has 0 aliphatic heterocycles. The summed E-state index contributed by atoms with van der Waals surface area (Å²) in [6, 6.07) is 14.4. The van der Waals surface area contributed by atoms with E-state index < -0.39 is 5.91 Å². The summed E-state index contributed by atoms with van der Waals surface area (Å²) in [5.41, 5.74) is 7.36. The lowest BCUT2D eigenvalue weighted by atomic mass is 10.1. The summed E-state index contributed by atoms with van der Waals surface area (Å²) in [5.74, 6) is 0.0528. The molecule has 3 N–H and O–H groups in total. The van der Waals surface area contributed by atoms with E-state index in [2.05, 4.69) is 5.32 Å². The van der Waals surface area contributed by atoms with Crippen LogP contribution >= 0.6 is 0 Å². The fourth-order valence-corrected chi connectivity index (χ4v) is 2.22. The van der Waals surface area contributed by atoms with E-state index in [9.17, 15) is 9.59 Å². The van der Waals surface area contributed by atoms with Gasteiger partial charge in [0.1, 0.15) is 5.75 Å². The molecule has 5 heteroatoms. The molecule has 0 saturated heterocycles. The molecule has 0 spiro atoms. The quantitative estimate of drug-likeness (QED) is 0.762. The van der Waals surface area contributed by atoms with E-state index >= 15 is 0 Å². The Morgan fingerprint density at radius 1 is 1.16 bits per heavy atom. The third-order valence-electron chi connectivity index (χ3n) is 3.34. The van der Waals surface area contributed by atoms with E-state index in [-0.39, 0.29) is 12.0 Å². The Morgan fingerprint density at radius 2 is 1.92 bits per heavy atom. The number of benzene rings is 2. The van der Waals surface area contributed by atoms with Gasteiger partial charge in [-0.2, -0.15) is 0 Å². The topological polar surface area (TPSA) is 81.4 Å². The second-order valence-corrected chi connectivity index (χ2v) is 5.85. The van der Waals surface area contributed by atoms with E-state index in [1.54, 1.807) is 24.3 Å². The molecular weight excluding hydrogens is 316 g/mol. The summed E-state index contributed by atoms with van der Waals surface area (Å²) in [6.45, 7) is 4.24. The van der Waals surface area contributed by atoms with Crippen LogP contribution in [0.5, 0.6) is 5.75 Å². The lowest BCUT2D eigenvalue weighted by Gasteiger charge is -2.09. The highest BCUT2D eigenvalue weighted by Gasteiger charge is 2.03. The number of nitrogens with two attached hydrogens (primary N) is 1. The van der Waals surface area contributed by atoms with E-state index in [4.69, 9.17) is 10.5 Å². The summed E-state index contributed by atoms with van der Waals surface area (Å²) >= 11 is 0. The highest BCUT2D eigenvalue weighted by molar-refractivity contribution is 5.93. The molecule has 130 valence electrons. The molecule has 0 bridgehead atoms. The fraction of sp³-hybridized carbons (Fsp3) is 0.200. The number of rotatable bonds is 7. The Balaban J connectivity index is 1.93. The Kier molecular flexibility index (Phi) is 6.34. The van der Waals surface area contributed by atoms with Crippen molar-refractivity contribution in [3.05, 3.63) is 71.3 Å². The minimum absolute atomic E-state index is 0.0960. The first-order chi connectivity index (χ1) is 11.9. The van der Waals surface area contributed by atoms with Crippen LogP contribution in [0.4, 0.5) is 0 Å². The molecule has 0 saturated carbocycles. The van der Waals surface area contributed by atoms with Gasteiger partial charge in [-0.15, -0.1) is 0 Å². The smallest absolute Gasteiger partial charge is 0.248 e. The summed E-state index contributed by atoms with van der Waals surface area (Å²) < 4.78 is 5.63. The van der Waals surface area contributed by atoms with E-state index in [0.717, 1.165) is 16.9 Å². The van der Waals surface area contributed by atoms with Gasteiger partial charge in [0.25, 0.3) is 0 Å². The molecule has 2 amide bonds. The minimum Gasteiger partial charge on any atom is -0.491 e. The summed E-state index contributed by atoms with van der Waals surface area (Å²) in [6.07, 6.45) is 3.29. The Labute approximate surface area is 147 Å². The number of hydrogen-bond donors (Lipinski definition) is 2. The van der Waals surface area contributed by atoms with Gasteiger partial charge in [0.05, 0.1) is 6.10 Å². The zero-order valence-corrected chi connectivity index (χ0v) is 14.4. The lowest BCUT2D eigenvalue weighted by molar-refractivity contribution is -0.116. The highest BCUT2D eigenvalue weighted by atomic mass is 16.5. The van der Waals surface area contributed by atoms with Crippen LogP contribution in [0.2, 0.25) is 0 Å². The van der Waals surface area contributed by atoms with Crippen molar-refractivity contribution in [2.75, 3.05) is 0 Å². The number of hydrogen-bond acceptors (Lipinski definition) is 3. The predicted molar refractivity (Wildman–Crippen MR) is 98.0 cm³/mol. The molecule has 0 aromatic heterocycles. The summed E-state index contributed by atoms with van der Waals surface area (Å²) in [4.78, 5) is 23.1. The molecule has 0 unspecified atom stereocenters. The number of ether oxygens (including phenoxy) is 1. The maximum atomic E-state index is 12.0. The molecule has 0 aliphatic carbocycles. The number of nitrogens with one attached hydrogen (secondary N) is 1. The zero-order chi connectivity index (χ0) is 18.2. The molecule has 2 rings (SSSR count). The van der Waals surface area contributed by atoms with Crippen molar-refractivity contribution in [3.63, 3.8) is 0 Å². The maximum absolute atomic E-state index is 12.0. The Bertz CT molecular complexity index is 782. The van der Waals surface area contributed by atoms with Gasteiger partial charge < -0.3 is 15.8 Å². The van der Waals surface area contributed by atoms with Crippen molar-refractivity contribution in [2.24, 2.45) is 5.73 Å². The van der Waals surface area contributed by atoms with Crippen molar-refractivity contribution in [1.82, 2.24) is 5.32 Å². The van der Waals surface area contributed by atoms with Crippen LogP contribution in [0.25, 0.3) is 6.08 Å². The second-order valence-electron chi connectivity index (χ2n) is 5.85. The van der Waals surface area contributed by atoms with E-state index in [0.29, 0.717) is 12.1 Å². The second kappa shape index (κ2) is 8.68. The first-order valence-electron chi connectivity index (χ1n) is 8.05. The third kappa shape index (κ3) is 6.14. The van der Waals surface area contributed by atoms with Crippen molar-refractivity contribution in [1.29, 1.82) is 0 Å². The largest absolute Gasteiger partial charge is 0.491 e. The van der Waals surface area contributed by atoms with Gasteiger partial charge >= 0.3 is 0 Å². The van der Waals surface area contributed by atoms with Crippen molar-refractivity contribution in [2.45, 2.75) is 26.5 Å². The van der Waals surface area contributed by atoms with Gasteiger partial charge in [0.15, 0.2) is 0 Å². The molecule has 0 heterocycles. The molecule has 2 aromatic rings. The standard InChI is InChI=1S/C20H22N2O3/c1-14(2)25-18-8-4-5-15(12-18)9-10-19(23)22-13-16-6-3-7-17(11-16)20(21)24/h3-12,14H,13H2,1-2H3,(H2,21,24)(H,22,23)/b10-9+. The summed E-state index contributed by atoms with van der Waals surface area (Å²) in [7, 11) is 0. The number of amides is 2. The SMILES string of the molecule is CC(C)Oc1cccc(/C=C/C(=O)NCc2cccc(C(N)=O)c2)c1. The first kappa shape index (κ1) is 18.3. The lowest BCUT2D eigenvalue weighted by Crippen LogP contribution is -2.20. The van der Waals surface area contributed by atoms with Gasteiger partial charge in [-0.3, -0.25) is 9.59 Å². The van der Waals surface area contributed by atoms with Crippen molar-refractivity contribution < 1.29 is 14.3 Å². The molecule has 0 radical (unpaired) electrons. The van der Waals surface area contributed by atoms with Crippen molar-refractivity contribution in [3.8, 4) is 5.75 Å². The maximum Gasteiger partial charge on any atom is 0.248 e. The number of carbonyl (C=O) groups excluding carboxylic acids is 2. The fourth-order valence-electron chi connectivity index (χ4n) is 2.22. The highest BCUT2D eigenvalue weighted by Crippen LogP contribution is 2.15. The normalized spacial score (nSPS) is 10.8. The Hall–Kier alpha value is -3.08. The predicted octanol–water partition coefficient (Wildman–Crippen LogP) is 2.90. The van der Waals surface area contributed by atoms with Crippen LogP contribution < -0.4 is 15.8 Å². The monoisotopic (exact) mass is 338 g/mol. The van der Waals surface area contributed by atoms with Gasteiger partial charge in [0.2, 0.25) is 11.8 Å². The van der Waals surface area contributed by atoms with Crippen LogP contribution in [0.15, 0.2) is 54.6 Å². The third-order valence-corrected chi connectivity index (χ3v) is 3.34. The van der Waals surface area contributed by atoms with Gasteiger partial charge in [-0.1, -0.05) is 24.3 Å². The van der Waals surface area contributed by atoms with Crippen LogP contribution in [-0.4, -0.2) is 17.9 Å². The number of carbonyl (C=O) groups is 2. The molecule has 5 nitrogen and oxygen atoms in total. The molecule has 0 aliphatic rings. The van der Waals surface area contributed by atoms with Crippen LogP contribution in [-0.2, 0) is 11.3 Å². The van der Waals surface area contributed by atoms with Gasteiger partial charge in [-0.25, -0.2) is 0 Å². The first-order valence-corrected chi connectivity index (χ1v) is 8.05. The summed E-state index contributed by atoms with van der Waals surface area (Å²) in [5, 5.41) is 2.77. The van der Waals surface area contributed by atoms with Gasteiger partial charge in [-0.05, 0) is 55.3 Å². The molecular formula is C20H22N2O3. The van der Waals surface area contributed by atoms with E-state index in [1.165, 1.54) is 6.08 Å². The van der Waals surface area contributed by atoms with Crippen LogP contribution in [0.3, 0.4) is 0 Å². The number of primary amides is 1. The van der Waals surface area contributed by atoms with Crippen LogP contribution in [0, 0.1) is 0 Å². The molecule has 2 aromatic carbocycles. The zero-order valence-electron chi connectivity index (χ0n) is 14.4. The van der Waals surface area contributed by atoms with Gasteiger partial charge in [0, 0.05) is 18.2 Å². The molecule has 25 heavy (non-hydrogen) atoms. The molecule has 0 fully saturated rings. The molecule has 0 atom stereocenters. The average molecular weight is 338 g/mol. The van der Waals surface area contributed by atoms with E-state index in [1.807, 2.05) is 44.2 Å². The van der Waals surface area contributed by atoms with Crippen molar-refractivity contribution >= 4 is 17.9 Å². The van der Waals surface area contributed by atoms with Crippen LogP contribution in [0.1, 0.15) is 35.3 Å².